The number of aryl methyl sites for hydroxylation is 1. The minimum absolute atomic E-state index is 0.0773. The van der Waals surface area contributed by atoms with Crippen molar-refractivity contribution in [2.75, 3.05) is 13.2 Å². The quantitative estimate of drug-likeness (QED) is 0.858. The van der Waals surface area contributed by atoms with Gasteiger partial charge in [0.2, 0.25) is 10.0 Å². The van der Waals surface area contributed by atoms with Gasteiger partial charge in [0, 0.05) is 12.6 Å². The van der Waals surface area contributed by atoms with Gasteiger partial charge >= 0.3 is 0 Å². The lowest BCUT2D eigenvalue weighted by molar-refractivity contribution is 0.250. The van der Waals surface area contributed by atoms with Crippen molar-refractivity contribution in [3.63, 3.8) is 0 Å². The van der Waals surface area contributed by atoms with Gasteiger partial charge in [-0.3, -0.25) is 0 Å². The zero-order valence-electron chi connectivity index (χ0n) is 9.83. The van der Waals surface area contributed by atoms with E-state index in [-0.39, 0.29) is 19.2 Å². The number of aliphatic hydroxyl groups excluding tert-OH is 1. The van der Waals surface area contributed by atoms with Crippen LogP contribution in [0.25, 0.3) is 0 Å². The maximum absolute atomic E-state index is 12.3. The van der Waals surface area contributed by atoms with Crippen LogP contribution < -0.4 is 0 Å². The van der Waals surface area contributed by atoms with Crippen molar-refractivity contribution in [1.82, 2.24) is 4.31 Å². The first-order chi connectivity index (χ1) is 8.05. The van der Waals surface area contributed by atoms with Crippen molar-refractivity contribution >= 4 is 10.0 Å². The third-order valence-corrected chi connectivity index (χ3v) is 4.87. The van der Waals surface area contributed by atoms with E-state index in [1.165, 1.54) is 4.31 Å². The fourth-order valence-electron chi connectivity index (χ4n) is 1.81. The molecule has 5 heteroatoms. The molecule has 0 aromatic heterocycles. The second kappa shape index (κ2) is 4.76. The van der Waals surface area contributed by atoms with Crippen LogP contribution in [-0.4, -0.2) is 37.0 Å². The van der Waals surface area contributed by atoms with Gasteiger partial charge in [0.1, 0.15) is 0 Å². The molecule has 1 aromatic carbocycles. The van der Waals surface area contributed by atoms with E-state index in [4.69, 9.17) is 5.11 Å². The molecular formula is C12H17NO3S. The molecule has 0 heterocycles. The molecule has 0 saturated heterocycles. The van der Waals surface area contributed by atoms with Crippen LogP contribution in [0.1, 0.15) is 18.4 Å². The van der Waals surface area contributed by atoms with Crippen molar-refractivity contribution in [2.45, 2.75) is 30.7 Å². The first kappa shape index (κ1) is 12.5. The van der Waals surface area contributed by atoms with Gasteiger partial charge in [-0.15, -0.1) is 0 Å². The van der Waals surface area contributed by atoms with Crippen molar-refractivity contribution < 1.29 is 13.5 Å². The number of rotatable bonds is 5. The lowest BCUT2D eigenvalue weighted by Gasteiger charge is -2.20. The SMILES string of the molecule is Cc1ccc(S(=O)(=O)N(CCO)C2CC2)cc1. The molecule has 1 aromatic rings. The summed E-state index contributed by atoms with van der Waals surface area (Å²) in [6.07, 6.45) is 1.79. The molecule has 1 fully saturated rings. The van der Waals surface area contributed by atoms with Crippen LogP contribution >= 0.6 is 0 Å². The number of benzene rings is 1. The standard InChI is InChI=1S/C12H17NO3S/c1-10-2-6-12(7-3-10)17(15,16)13(8-9-14)11-4-5-11/h2-3,6-7,11,14H,4-5,8-9H2,1H3. The Bertz CT molecular complexity index is 477. The number of aliphatic hydroxyl groups is 1. The van der Waals surface area contributed by atoms with E-state index in [1.807, 2.05) is 6.92 Å². The molecule has 0 bridgehead atoms. The maximum Gasteiger partial charge on any atom is 0.243 e. The van der Waals surface area contributed by atoms with E-state index in [2.05, 4.69) is 0 Å². The first-order valence-corrected chi connectivity index (χ1v) is 7.19. The highest BCUT2D eigenvalue weighted by molar-refractivity contribution is 7.89. The summed E-state index contributed by atoms with van der Waals surface area (Å²) in [4.78, 5) is 0.309. The summed E-state index contributed by atoms with van der Waals surface area (Å²) in [5.74, 6) is 0. The Balaban J connectivity index is 2.30. The predicted octanol–water partition coefficient (Wildman–Crippen LogP) is 1.14. The number of hydrogen-bond acceptors (Lipinski definition) is 3. The lowest BCUT2D eigenvalue weighted by atomic mass is 10.2. The van der Waals surface area contributed by atoms with Gasteiger partial charge in [-0.25, -0.2) is 8.42 Å². The van der Waals surface area contributed by atoms with Crippen molar-refractivity contribution in [3.8, 4) is 0 Å². The van der Waals surface area contributed by atoms with Crippen molar-refractivity contribution in [1.29, 1.82) is 0 Å². The summed E-state index contributed by atoms with van der Waals surface area (Å²) >= 11 is 0. The Kier molecular flexibility index (Phi) is 3.51. The normalized spacial score (nSPS) is 16.4. The molecule has 0 radical (unpaired) electrons. The second-order valence-corrected chi connectivity index (χ2v) is 6.27. The summed E-state index contributed by atoms with van der Waals surface area (Å²) in [6, 6.07) is 6.90. The Labute approximate surface area is 102 Å². The van der Waals surface area contributed by atoms with Gasteiger partial charge in [-0.1, -0.05) is 17.7 Å². The third-order valence-electron chi connectivity index (χ3n) is 2.90. The molecule has 0 amide bonds. The third kappa shape index (κ3) is 2.68. The summed E-state index contributed by atoms with van der Waals surface area (Å²) in [5, 5.41) is 8.96. The highest BCUT2D eigenvalue weighted by Crippen LogP contribution is 2.31. The average molecular weight is 255 g/mol. The number of nitrogens with zero attached hydrogens (tertiary/aromatic N) is 1. The van der Waals surface area contributed by atoms with E-state index in [0.29, 0.717) is 4.90 Å². The molecule has 0 spiro atoms. The van der Waals surface area contributed by atoms with E-state index in [9.17, 15) is 8.42 Å². The molecule has 0 aliphatic heterocycles. The van der Waals surface area contributed by atoms with Gasteiger partial charge in [-0.2, -0.15) is 4.31 Å². The van der Waals surface area contributed by atoms with Gasteiger partial charge in [0.15, 0.2) is 0 Å². The molecule has 1 aliphatic rings. The highest BCUT2D eigenvalue weighted by atomic mass is 32.2. The summed E-state index contributed by atoms with van der Waals surface area (Å²) in [7, 11) is -3.44. The lowest BCUT2D eigenvalue weighted by Crippen LogP contribution is -2.35. The minimum atomic E-state index is -3.44. The van der Waals surface area contributed by atoms with Gasteiger partial charge in [0.05, 0.1) is 11.5 Å². The molecule has 4 nitrogen and oxygen atoms in total. The maximum atomic E-state index is 12.3. The Morgan fingerprint density at radius 2 is 1.88 bits per heavy atom. The monoisotopic (exact) mass is 255 g/mol. The molecular weight excluding hydrogens is 238 g/mol. The largest absolute Gasteiger partial charge is 0.395 e. The smallest absolute Gasteiger partial charge is 0.243 e. The summed E-state index contributed by atoms with van der Waals surface area (Å²) in [5.41, 5.74) is 1.03. The van der Waals surface area contributed by atoms with E-state index in [1.54, 1.807) is 24.3 Å². The molecule has 1 saturated carbocycles. The number of sulfonamides is 1. The summed E-state index contributed by atoms with van der Waals surface area (Å²) in [6.45, 7) is 1.96. The predicted molar refractivity (Wildman–Crippen MR) is 65.2 cm³/mol. The molecule has 1 aliphatic carbocycles. The van der Waals surface area contributed by atoms with Crippen LogP contribution in [0.15, 0.2) is 29.2 Å². The van der Waals surface area contributed by atoms with E-state index < -0.39 is 10.0 Å². The molecule has 17 heavy (non-hydrogen) atoms. The average Bonchev–Trinajstić information content (AvgIpc) is 3.10. The Morgan fingerprint density at radius 1 is 1.29 bits per heavy atom. The van der Waals surface area contributed by atoms with E-state index >= 15 is 0 Å². The fourth-order valence-corrected chi connectivity index (χ4v) is 3.48. The Hall–Kier alpha value is -0.910. The van der Waals surface area contributed by atoms with Crippen LogP contribution in [-0.2, 0) is 10.0 Å². The van der Waals surface area contributed by atoms with Crippen LogP contribution in [0, 0.1) is 6.92 Å². The second-order valence-electron chi connectivity index (χ2n) is 4.38. The van der Waals surface area contributed by atoms with Crippen molar-refractivity contribution in [3.05, 3.63) is 29.8 Å². The molecule has 0 atom stereocenters. The Morgan fingerprint density at radius 3 is 2.35 bits per heavy atom. The van der Waals surface area contributed by atoms with Crippen LogP contribution in [0.2, 0.25) is 0 Å². The molecule has 2 rings (SSSR count). The number of hydrogen-bond donors (Lipinski definition) is 1. The van der Waals surface area contributed by atoms with Gasteiger partial charge < -0.3 is 5.11 Å². The van der Waals surface area contributed by atoms with Crippen LogP contribution in [0.3, 0.4) is 0 Å². The minimum Gasteiger partial charge on any atom is -0.395 e. The topological polar surface area (TPSA) is 57.6 Å². The highest BCUT2D eigenvalue weighted by Gasteiger charge is 2.37. The molecule has 1 N–H and O–H groups in total. The van der Waals surface area contributed by atoms with Gasteiger partial charge in [0.25, 0.3) is 0 Å². The molecule has 0 unspecified atom stereocenters. The zero-order valence-corrected chi connectivity index (χ0v) is 10.7. The summed E-state index contributed by atoms with van der Waals surface area (Å²) < 4.78 is 26.1. The van der Waals surface area contributed by atoms with Crippen LogP contribution in [0.5, 0.6) is 0 Å². The fraction of sp³-hybridized carbons (Fsp3) is 0.500. The van der Waals surface area contributed by atoms with Crippen molar-refractivity contribution in [2.24, 2.45) is 0 Å². The van der Waals surface area contributed by atoms with Crippen LogP contribution in [0.4, 0.5) is 0 Å². The van der Waals surface area contributed by atoms with E-state index in [0.717, 1.165) is 18.4 Å². The van der Waals surface area contributed by atoms with Gasteiger partial charge in [-0.05, 0) is 31.9 Å². The molecule has 94 valence electrons. The first-order valence-electron chi connectivity index (χ1n) is 5.75. The zero-order chi connectivity index (χ0) is 12.5.